The van der Waals surface area contributed by atoms with Gasteiger partial charge < -0.3 is 14.4 Å². The first kappa shape index (κ1) is 6.07. The lowest BCUT2D eigenvalue weighted by Gasteiger charge is -1.85. The fourth-order valence-electron chi connectivity index (χ4n) is 0.118. The molecule has 0 aliphatic heterocycles. The normalized spacial score (nSPS) is 8.14. The molecule has 0 radical (unpaired) electrons. The van der Waals surface area contributed by atoms with Gasteiger partial charge in [-0.15, -0.1) is 0 Å². The molecule has 0 aliphatic carbocycles. The van der Waals surface area contributed by atoms with Crippen molar-refractivity contribution in [3.05, 3.63) is 0 Å². The third-order valence-electron chi connectivity index (χ3n) is 0.577. The topological polar surface area (TPSA) is 51.2 Å². The fraction of sp³-hybridized carbons (Fsp3) is 0. The molecule has 0 atom stereocenters. The molecule has 0 aliphatic rings. The highest BCUT2D eigenvalue weighted by Crippen LogP contribution is 1.57. The van der Waals surface area contributed by atoms with E-state index in [1.54, 1.807) is 0 Å². The van der Waals surface area contributed by atoms with Crippen molar-refractivity contribution in [2.75, 3.05) is 0 Å². The Morgan fingerprint density at radius 2 is 1.14 bits per heavy atom. The Balaban J connectivity index is 3.57. The molecule has 0 fully saturated rings. The number of rotatable bonds is 3. The van der Waals surface area contributed by atoms with Crippen molar-refractivity contribution in [2.45, 2.75) is 0 Å². The highest BCUT2D eigenvalue weighted by atomic mass is 16.1. The first-order valence-corrected chi connectivity index (χ1v) is 1.93. The molecule has 0 aromatic heterocycles. The highest BCUT2D eigenvalue weighted by molar-refractivity contribution is 7.18. The Morgan fingerprint density at radius 3 is 1.14 bits per heavy atom. The van der Waals surface area contributed by atoms with Crippen LogP contribution in [0.25, 0.3) is 0 Å². The van der Waals surface area contributed by atoms with E-state index in [4.69, 9.17) is 0 Å². The van der Waals surface area contributed by atoms with E-state index in [0.29, 0.717) is 18.6 Å². The maximum absolute atomic E-state index is 9.54. The maximum Gasteiger partial charge on any atom is 0.180 e. The van der Waals surface area contributed by atoms with Crippen LogP contribution in [0.1, 0.15) is 0 Å². The predicted octanol–water partition coefficient (Wildman–Crippen LogP) is -1.47. The van der Waals surface area contributed by atoms with Crippen molar-refractivity contribution >= 4 is 25.3 Å². The third kappa shape index (κ3) is 1.86. The Kier molecular flexibility index (Phi) is 2.84. The molecule has 0 bridgehead atoms. The molecule has 7 heavy (non-hydrogen) atoms. The lowest BCUT2D eigenvalue weighted by atomic mass is 9.55. The molecular weight excluding hydrogens is 94.8 g/mol. The lowest BCUT2D eigenvalue weighted by Crippen LogP contribution is -2.18. The molecule has 0 spiro atoms. The average Bonchev–Trinajstić information content (AvgIpc) is 1.72. The SMILES string of the molecule is O=C[BH-](C=O)C=O. The van der Waals surface area contributed by atoms with Crippen LogP contribution in [0.2, 0.25) is 0 Å². The second-order valence-electron chi connectivity index (χ2n) is 1.21. The Morgan fingerprint density at radius 1 is 0.857 bits per heavy atom. The van der Waals surface area contributed by atoms with Gasteiger partial charge in [-0.3, -0.25) is 0 Å². The van der Waals surface area contributed by atoms with Crippen molar-refractivity contribution in [1.29, 1.82) is 0 Å². The second kappa shape index (κ2) is 3.27. The molecule has 0 N–H and O–H groups in total. The molecule has 0 aromatic rings. The summed E-state index contributed by atoms with van der Waals surface area (Å²) in [5, 5.41) is 0. The van der Waals surface area contributed by atoms with Crippen molar-refractivity contribution < 1.29 is 14.4 Å². The van der Waals surface area contributed by atoms with Crippen molar-refractivity contribution in [3.63, 3.8) is 0 Å². The summed E-state index contributed by atoms with van der Waals surface area (Å²) in [5.41, 5.74) is 0. The van der Waals surface area contributed by atoms with E-state index in [1.807, 2.05) is 0 Å². The second-order valence-corrected chi connectivity index (χ2v) is 1.21. The van der Waals surface area contributed by atoms with Gasteiger partial charge in [-0.1, -0.05) is 0 Å². The lowest BCUT2D eigenvalue weighted by molar-refractivity contribution is 0.559. The Bertz CT molecular complexity index is 71.2. The zero-order valence-corrected chi connectivity index (χ0v) is 3.66. The predicted molar refractivity (Wildman–Crippen MR) is 27.4 cm³/mol. The number of hydrogen-bond donors (Lipinski definition) is 0. The van der Waals surface area contributed by atoms with E-state index < -0.39 is 6.71 Å². The molecule has 0 aromatic carbocycles. The molecule has 0 rings (SSSR count). The van der Waals surface area contributed by atoms with Crippen LogP contribution in [0.15, 0.2) is 0 Å². The van der Waals surface area contributed by atoms with Crippen LogP contribution in [0.4, 0.5) is 0 Å². The van der Waals surface area contributed by atoms with Gasteiger partial charge in [0.15, 0.2) is 6.71 Å². The summed E-state index contributed by atoms with van der Waals surface area (Å²) in [4.78, 5) is 28.6. The minimum absolute atomic E-state index is 0.375. The minimum atomic E-state index is -1.75. The molecule has 0 amide bonds. The molecule has 0 unspecified atom stereocenters. The van der Waals surface area contributed by atoms with Gasteiger partial charge in [0.05, 0.1) is 0 Å². The molecule has 38 valence electrons. The summed E-state index contributed by atoms with van der Waals surface area (Å²) < 4.78 is 0. The van der Waals surface area contributed by atoms with Gasteiger partial charge in [0.2, 0.25) is 0 Å². The molecule has 0 saturated heterocycles. The molecule has 3 nitrogen and oxygen atoms in total. The van der Waals surface area contributed by atoms with Crippen LogP contribution in [-0.4, -0.2) is 25.3 Å². The van der Waals surface area contributed by atoms with Crippen molar-refractivity contribution in [3.8, 4) is 0 Å². The first-order chi connectivity index (χ1) is 3.35. The number of carbonyl (C=O) groups excluding carboxylic acids is 3. The van der Waals surface area contributed by atoms with Gasteiger partial charge in [0.25, 0.3) is 0 Å². The van der Waals surface area contributed by atoms with Crippen LogP contribution in [0, 0.1) is 0 Å². The monoisotopic (exact) mass is 99.0 g/mol. The van der Waals surface area contributed by atoms with Crippen LogP contribution < -0.4 is 0 Å². The quantitative estimate of drug-likeness (QED) is 0.320. The largest absolute Gasteiger partial charge is 0.349 e. The van der Waals surface area contributed by atoms with E-state index in [-0.39, 0.29) is 0 Å². The van der Waals surface area contributed by atoms with Crippen molar-refractivity contribution in [1.82, 2.24) is 0 Å². The summed E-state index contributed by atoms with van der Waals surface area (Å²) in [7, 11) is 0. The van der Waals surface area contributed by atoms with E-state index >= 15 is 0 Å². The molecule has 0 saturated carbocycles. The fourth-order valence-corrected chi connectivity index (χ4v) is 0.118. The highest BCUT2D eigenvalue weighted by Gasteiger charge is 1.92. The van der Waals surface area contributed by atoms with Crippen LogP contribution in [-0.2, 0) is 14.4 Å². The number of hydrogen-bond acceptors (Lipinski definition) is 3. The van der Waals surface area contributed by atoms with Gasteiger partial charge >= 0.3 is 0 Å². The standard InChI is InChI=1S/C3H4BO3/c5-1-4(2-6)3-7/h1-4H/q-1. The van der Waals surface area contributed by atoms with E-state index in [2.05, 4.69) is 0 Å². The van der Waals surface area contributed by atoms with Gasteiger partial charge in [0, 0.05) is 0 Å². The Labute approximate surface area is 40.8 Å². The van der Waals surface area contributed by atoms with Crippen LogP contribution in [0.3, 0.4) is 0 Å². The molecule has 0 heterocycles. The zero-order valence-electron chi connectivity index (χ0n) is 3.66. The van der Waals surface area contributed by atoms with Gasteiger partial charge in [-0.25, -0.2) is 0 Å². The van der Waals surface area contributed by atoms with E-state index in [9.17, 15) is 14.4 Å². The van der Waals surface area contributed by atoms with Gasteiger partial charge in [-0.05, 0) is 18.6 Å². The number of carbonyl (C=O) groups is 3. The maximum atomic E-state index is 9.54. The Hall–Kier alpha value is -0.925. The van der Waals surface area contributed by atoms with Gasteiger partial charge in [-0.2, -0.15) is 0 Å². The van der Waals surface area contributed by atoms with E-state index in [0.717, 1.165) is 0 Å². The summed E-state index contributed by atoms with van der Waals surface area (Å²) in [6, 6.07) is 0. The average molecular weight is 98.9 g/mol. The van der Waals surface area contributed by atoms with E-state index in [1.165, 1.54) is 0 Å². The summed E-state index contributed by atoms with van der Waals surface area (Å²) in [5.74, 6) is 0. The summed E-state index contributed by atoms with van der Waals surface area (Å²) >= 11 is 0. The van der Waals surface area contributed by atoms with Crippen molar-refractivity contribution in [2.24, 2.45) is 0 Å². The first-order valence-electron chi connectivity index (χ1n) is 1.93. The zero-order chi connectivity index (χ0) is 5.70. The smallest absolute Gasteiger partial charge is 0.180 e. The summed E-state index contributed by atoms with van der Waals surface area (Å²) in [6.07, 6.45) is 1.12. The minimum Gasteiger partial charge on any atom is -0.349 e. The summed E-state index contributed by atoms with van der Waals surface area (Å²) in [6.45, 7) is -1.75. The van der Waals surface area contributed by atoms with Crippen LogP contribution >= 0.6 is 0 Å². The molecule has 4 heteroatoms. The molecular formula is C3H4BO3-. The third-order valence-corrected chi connectivity index (χ3v) is 0.577. The van der Waals surface area contributed by atoms with Crippen LogP contribution in [0.5, 0.6) is 0 Å². The van der Waals surface area contributed by atoms with Gasteiger partial charge in [0.1, 0.15) is 0 Å².